The van der Waals surface area contributed by atoms with Crippen molar-refractivity contribution in [3.05, 3.63) is 0 Å². The fourth-order valence-corrected chi connectivity index (χ4v) is 1.58. The van der Waals surface area contributed by atoms with Crippen molar-refractivity contribution in [1.29, 1.82) is 0 Å². The first-order chi connectivity index (χ1) is 7.61. The summed E-state index contributed by atoms with van der Waals surface area (Å²) >= 11 is 0. The van der Waals surface area contributed by atoms with Crippen LogP contribution < -0.4 is 11.1 Å². The third-order valence-electron chi connectivity index (χ3n) is 2.85. The zero-order chi connectivity index (χ0) is 12.0. The lowest BCUT2D eigenvalue weighted by molar-refractivity contribution is -0.123. The van der Waals surface area contributed by atoms with Crippen LogP contribution in [-0.4, -0.2) is 56.2 Å². The Hall–Kier alpha value is -0.0700. The van der Waals surface area contributed by atoms with Crippen molar-refractivity contribution < 1.29 is 9.53 Å². The van der Waals surface area contributed by atoms with Gasteiger partial charge in [-0.2, -0.15) is 0 Å². The van der Waals surface area contributed by atoms with E-state index >= 15 is 0 Å². The van der Waals surface area contributed by atoms with Gasteiger partial charge in [0.05, 0.1) is 19.3 Å². The molecular weight excluding hydrogens is 277 g/mol. The smallest absolute Gasteiger partial charge is 0.237 e. The van der Waals surface area contributed by atoms with E-state index in [-0.39, 0.29) is 36.6 Å². The summed E-state index contributed by atoms with van der Waals surface area (Å²) in [5.74, 6) is 0.131. The van der Waals surface area contributed by atoms with Gasteiger partial charge in [0.25, 0.3) is 0 Å². The number of rotatable bonds is 5. The van der Waals surface area contributed by atoms with Crippen LogP contribution in [0.3, 0.4) is 0 Å². The number of halogens is 2. The lowest BCUT2D eigenvalue weighted by Gasteiger charge is -2.26. The number of hydrogen-bond donors (Lipinski definition) is 2. The van der Waals surface area contributed by atoms with Crippen LogP contribution in [0.4, 0.5) is 0 Å². The Balaban J connectivity index is 0. The third-order valence-corrected chi connectivity index (χ3v) is 2.85. The Kier molecular flexibility index (Phi) is 12.2. The van der Waals surface area contributed by atoms with E-state index in [0.717, 1.165) is 32.8 Å². The van der Waals surface area contributed by atoms with Crippen molar-refractivity contribution in [3.63, 3.8) is 0 Å². The molecular formula is C11H25Cl2N3O2. The molecule has 110 valence electrons. The molecule has 0 aliphatic carbocycles. The van der Waals surface area contributed by atoms with Crippen LogP contribution in [0.5, 0.6) is 0 Å². The van der Waals surface area contributed by atoms with Gasteiger partial charge in [0, 0.05) is 26.2 Å². The summed E-state index contributed by atoms with van der Waals surface area (Å²) in [5.41, 5.74) is 5.73. The van der Waals surface area contributed by atoms with Gasteiger partial charge in [-0.1, -0.05) is 13.8 Å². The highest BCUT2D eigenvalue weighted by molar-refractivity contribution is 5.85. The van der Waals surface area contributed by atoms with Gasteiger partial charge in [0.2, 0.25) is 5.91 Å². The van der Waals surface area contributed by atoms with Crippen LogP contribution in [0, 0.1) is 5.92 Å². The fraction of sp³-hybridized carbons (Fsp3) is 0.909. The third kappa shape index (κ3) is 7.38. The summed E-state index contributed by atoms with van der Waals surface area (Å²) in [6.07, 6.45) is 0. The number of morpholine rings is 1. The van der Waals surface area contributed by atoms with Crippen molar-refractivity contribution in [3.8, 4) is 0 Å². The van der Waals surface area contributed by atoms with E-state index in [1.165, 1.54) is 0 Å². The molecule has 0 radical (unpaired) electrons. The Labute approximate surface area is 122 Å². The molecule has 1 aliphatic heterocycles. The molecule has 0 aromatic rings. The van der Waals surface area contributed by atoms with Crippen molar-refractivity contribution in [1.82, 2.24) is 10.2 Å². The quantitative estimate of drug-likeness (QED) is 0.764. The Morgan fingerprint density at radius 2 is 1.89 bits per heavy atom. The average Bonchev–Trinajstić information content (AvgIpc) is 2.29. The number of amides is 1. The second-order valence-corrected chi connectivity index (χ2v) is 4.51. The highest BCUT2D eigenvalue weighted by Gasteiger charge is 2.17. The summed E-state index contributed by atoms with van der Waals surface area (Å²) in [4.78, 5) is 13.8. The molecule has 0 saturated carbocycles. The number of nitrogens with one attached hydrogen (secondary N) is 1. The molecule has 3 N–H and O–H groups in total. The molecule has 1 atom stereocenters. The number of hydrogen-bond acceptors (Lipinski definition) is 4. The predicted molar refractivity (Wildman–Crippen MR) is 77.6 cm³/mol. The normalized spacial score (nSPS) is 17.6. The van der Waals surface area contributed by atoms with E-state index in [9.17, 15) is 4.79 Å². The van der Waals surface area contributed by atoms with E-state index in [2.05, 4.69) is 10.2 Å². The van der Waals surface area contributed by atoms with Gasteiger partial charge in [-0.3, -0.25) is 9.69 Å². The summed E-state index contributed by atoms with van der Waals surface area (Å²) in [6.45, 7) is 8.93. The second-order valence-electron chi connectivity index (χ2n) is 4.51. The standard InChI is InChI=1S/C11H23N3O2.2ClH/c1-9(2)10(12)11(15)13-3-4-14-5-7-16-8-6-14;;/h9-10H,3-8,12H2,1-2H3,(H,13,15);2*1H/t10-;;/m1../s1. The van der Waals surface area contributed by atoms with Crippen molar-refractivity contribution in [2.45, 2.75) is 19.9 Å². The summed E-state index contributed by atoms with van der Waals surface area (Å²) in [7, 11) is 0. The Bertz CT molecular complexity index is 224. The van der Waals surface area contributed by atoms with Crippen LogP contribution in [0.2, 0.25) is 0 Å². The number of carbonyl (C=O) groups is 1. The maximum Gasteiger partial charge on any atom is 0.237 e. The minimum Gasteiger partial charge on any atom is -0.379 e. The second kappa shape index (κ2) is 10.8. The first-order valence-electron chi connectivity index (χ1n) is 5.94. The lowest BCUT2D eigenvalue weighted by atomic mass is 10.1. The van der Waals surface area contributed by atoms with E-state index in [0.29, 0.717) is 6.54 Å². The summed E-state index contributed by atoms with van der Waals surface area (Å²) in [6, 6.07) is -0.398. The molecule has 1 heterocycles. The number of nitrogens with zero attached hydrogens (tertiary/aromatic N) is 1. The highest BCUT2D eigenvalue weighted by atomic mass is 35.5. The van der Waals surface area contributed by atoms with Crippen LogP contribution in [0.1, 0.15) is 13.8 Å². The number of nitrogens with two attached hydrogens (primary N) is 1. The number of ether oxygens (including phenoxy) is 1. The van der Waals surface area contributed by atoms with E-state index in [1.54, 1.807) is 0 Å². The molecule has 7 heteroatoms. The maximum absolute atomic E-state index is 11.5. The maximum atomic E-state index is 11.5. The molecule has 0 aromatic carbocycles. The zero-order valence-corrected chi connectivity index (χ0v) is 12.7. The molecule has 1 saturated heterocycles. The molecule has 0 unspecified atom stereocenters. The zero-order valence-electron chi connectivity index (χ0n) is 11.1. The van der Waals surface area contributed by atoms with Gasteiger partial charge in [0.1, 0.15) is 0 Å². The Morgan fingerprint density at radius 1 is 1.33 bits per heavy atom. The molecule has 0 spiro atoms. The van der Waals surface area contributed by atoms with Gasteiger partial charge in [-0.05, 0) is 5.92 Å². The van der Waals surface area contributed by atoms with E-state index < -0.39 is 6.04 Å². The molecule has 1 aliphatic rings. The molecule has 5 nitrogen and oxygen atoms in total. The molecule has 1 amide bonds. The average molecular weight is 302 g/mol. The van der Waals surface area contributed by atoms with E-state index in [4.69, 9.17) is 10.5 Å². The fourth-order valence-electron chi connectivity index (χ4n) is 1.58. The topological polar surface area (TPSA) is 67.6 Å². The van der Waals surface area contributed by atoms with Crippen molar-refractivity contribution >= 4 is 30.7 Å². The van der Waals surface area contributed by atoms with Gasteiger partial charge in [0.15, 0.2) is 0 Å². The van der Waals surface area contributed by atoms with Gasteiger partial charge < -0.3 is 15.8 Å². The summed E-state index contributed by atoms with van der Waals surface area (Å²) < 4.78 is 5.25. The SMILES string of the molecule is CC(C)[C@@H](N)C(=O)NCCN1CCOCC1.Cl.Cl. The van der Waals surface area contributed by atoms with Gasteiger partial charge in [-0.15, -0.1) is 24.8 Å². The predicted octanol–water partition coefficient (Wildman–Crippen LogP) is 0.262. The van der Waals surface area contributed by atoms with E-state index in [1.807, 2.05) is 13.8 Å². The lowest BCUT2D eigenvalue weighted by Crippen LogP contribution is -2.47. The van der Waals surface area contributed by atoms with Crippen LogP contribution in [-0.2, 0) is 9.53 Å². The minimum atomic E-state index is -0.398. The van der Waals surface area contributed by atoms with Crippen LogP contribution in [0.25, 0.3) is 0 Å². The van der Waals surface area contributed by atoms with Crippen molar-refractivity contribution in [2.24, 2.45) is 11.7 Å². The van der Waals surface area contributed by atoms with Crippen LogP contribution in [0.15, 0.2) is 0 Å². The number of carbonyl (C=O) groups excluding carboxylic acids is 1. The van der Waals surface area contributed by atoms with Gasteiger partial charge >= 0.3 is 0 Å². The van der Waals surface area contributed by atoms with Crippen molar-refractivity contribution in [2.75, 3.05) is 39.4 Å². The molecule has 1 fully saturated rings. The molecule has 18 heavy (non-hydrogen) atoms. The largest absolute Gasteiger partial charge is 0.379 e. The van der Waals surface area contributed by atoms with Crippen LogP contribution >= 0.6 is 24.8 Å². The molecule has 0 aromatic heterocycles. The minimum absolute atomic E-state index is 0. The first-order valence-corrected chi connectivity index (χ1v) is 5.94. The molecule has 0 bridgehead atoms. The summed E-state index contributed by atoms with van der Waals surface area (Å²) in [5, 5.41) is 2.86. The monoisotopic (exact) mass is 301 g/mol. The highest BCUT2D eigenvalue weighted by Crippen LogP contribution is 1.98. The molecule has 1 rings (SSSR count). The van der Waals surface area contributed by atoms with Gasteiger partial charge in [-0.25, -0.2) is 0 Å². The Morgan fingerprint density at radius 3 is 2.39 bits per heavy atom. The first kappa shape index (κ1) is 20.3.